The first-order valence-electron chi connectivity index (χ1n) is 5.49. The maximum atomic E-state index is 11.1. The fourth-order valence-corrected chi connectivity index (χ4v) is 1.12. The van der Waals surface area contributed by atoms with Crippen LogP contribution in [0.5, 0.6) is 0 Å². The van der Waals surface area contributed by atoms with Crippen molar-refractivity contribution in [3.05, 3.63) is 11.8 Å². The summed E-state index contributed by atoms with van der Waals surface area (Å²) in [6, 6.07) is 0. The molecule has 0 saturated heterocycles. The molecule has 0 aliphatic carbocycles. The average Bonchev–Trinajstić information content (AvgIpc) is 2.14. The molecular formula is C12H22O2. The Labute approximate surface area is 87.3 Å². The summed E-state index contributed by atoms with van der Waals surface area (Å²) in [5.41, 5.74) is 1.02. The normalized spacial score (nSPS) is 9.64. The Morgan fingerprint density at radius 1 is 1.14 bits per heavy atom. The van der Waals surface area contributed by atoms with E-state index < -0.39 is 0 Å². The SMILES string of the molecule is CCCCCCCC(=O)OC=C(C)C. The molecule has 0 rings (SSSR count). The Bertz CT molecular complexity index is 179. The van der Waals surface area contributed by atoms with Gasteiger partial charge in [0, 0.05) is 6.42 Å². The van der Waals surface area contributed by atoms with Crippen molar-refractivity contribution in [3.8, 4) is 0 Å². The van der Waals surface area contributed by atoms with Gasteiger partial charge in [-0.3, -0.25) is 4.79 Å². The summed E-state index contributed by atoms with van der Waals surface area (Å²) < 4.78 is 4.91. The lowest BCUT2D eigenvalue weighted by Gasteiger charge is -2.00. The molecule has 2 nitrogen and oxygen atoms in total. The van der Waals surface area contributed by atoms with Crippen molar-refractivity contribution in [1.82, 2.24) is 0 Å². The van der Waals surface area contributed by atoms with Crippen molar-refractivity contribution in [1.29, 1.82) is 0 Å². The number of unbranched alkanes of at least 4 members (excludes halogenated alkanes) is 4. The molecule has 0 aliphatic heterocycles. The second kappa shape index (κ2) is 8.79. The number of rotatable bonds is 7. The van der Waals surface area contributed by atoms with Gasteiger partial charge < -0.3 is 4.74 Å². The van der Waals surface area contributed by atoms with E-state index in [-0.39, 0.29) is 5.97 Å². The molecule has 82 valence electrons. The third-order valence-electron chi connectivity index (χ3n) is 1.91. The Balaban J connectivity index is 3.32. The standard InChI is InChI=1S/C12H22O2/c1-4-5-6-7-8-9-12(13)14-10-11(2)3/h10H,4-9H2,1-3H3. The van der Waals surface area contributed by atoms with E-state index in [1.807, 2.05) is 13.8 Å². The van der Waals surface area contributed by atoms with Crippen LogP contribution in [0.3, 0.4) is 0 Å². The molecule has 0 unspecified atom stereocenters. The number of esters is 1. The van der Waals surface area contributed by atoms with Crippen LogP contribution >= 0.6 is 0 Å². The van der Waals surface area contributed by atoms with Crippen molar-refractivity contribution in [2.24, 2.45) is 0 Å². The Kier molecular flexibility index (Phi) is 8.30. The van der Waals surface area contributed by atoms with E-state index in [0.29, 0.717) is 6.42 Å². The molecule has 0 atom stereocenters. The van der Waals surface area contributed by atoms with Crippen molar-refractivity contribution >= 4 is 5.97 Å². The summed E-state index contributed by atoms with van der Waals surface area (Å²) in [5, 5.41) is 0. The first-order chi connectivity index (χ1) is 6.66. The molecule has 0 saturated carbocycles. The van der Waals surface area contributed by atoms with Crippen LogP contribution in [0.25, 0.3) is 0 Å². The second-order valence-corrected chi connectivity index (χ2v) is 3.85. The topological polar surface area (TPSA) is 26.3 Å². The number of ether oxygens (including phenoxy) is 1. The molecule has 0 radical (unpaired) electrons. The van der Waals surface area contributed by atoms with Crippen molar-refractivity contribution in [3.63, 3.8) is 0 Å². The van der Waals surface area contributed by atoms with Crippen molar-refractivity contribution < 1.29 is 9.53 Å². The highest BCUT2D eigenvalue weighted by atomic mass is 16.5. The predicted octanol–water partition coefficient (Wildman–Crippen LogP) is 3.81. The van der Waals surface area contributed by atoms with Gasteiger partial charge in [0.15, 0.2) is 0 Å². The van der Waals surface area contributed by atoms with E-state index in [9.17, 15) is 4.79 Å². The highest BCUT2D eigenvalue weighted by molar-refractivity contribution is 5.69. The summed E-state index contributed by atoms with van der Waals surface area (Å²) in [5.74, 6) is -0.109. The van der Waals surface area contributed by atoms with Gasteiger partial charge in [0.2, 0.25) is 0 Å². The fraction of sp³-hybridized carbons (Fsp3) is 0.750. The molecule has 0 aliphatic rings. The van der Waals surface area contributed by atoms with Crippen molar-refractivity contribution in [2.75, 3.05) is 0 Å². The molecule has 14 heavy (non-hydrogen) atoms. The second-order valence-electron chi connectivity index (χ2n) is 3.85. The van der Waals surface area contributed by atoms with Crippen LogP contribution in [0.15, 0.2) is 11.8 Å². The van der Waals surface area contributed by atoms with Crippen LogP contribution in [0.4, 0.5) is 0 Å². The van der Waals surface area contributed by atoms with Gasteiger partial charge >= 0.3 is 5.97 Å². The molecular weight excluding hydrogens is 176 g/mol. The Morgan fingerprint density at radius 3 is 2.36 bits per heavy atom. The van der Waals surface area contributed by atoms with Gasteiger partial charge in [-0.05, 0) is 25.8 Å². The van der Waals surface area contributed by atoms with Crippen LogP contribution in [0, 0.1) is 0 Å². The van der Waals surface area contributed by atoms with Crippen LogP contribution in [-0.4, -0.2) is 5.97 Å². The minimum atomic E-state index is -0.109. The van der Waals surface area contributed by atoms with Crippen molar-refractivity contribution in [2.45, 2.75) is 59.3 Å². The molecule has 0 fully saturated rings. The molecule has 0 spiro atoms. The van der Waals surface area contributed by atoms with E-state index in [1.54, 1.807) is 0 Å². The summed E-state index contributed by atoms with van der Waals surface area (Å²) in [6.45, 7) is 6.01. The van der Waals surface area contributed by atoms with Gasteiger partial charge in [0.25, 0.3) is 0 Å². The number of carbonyl (C=O) groups is 1. The lowest BCUT2D eigenvalue weighted by molar-refractivity contribution is -0.138. The molecule has 0 N–H and O–H groups in total. The summed E-state index contributed by atoms with van der Waals surface area (Å²) in [4.78, 5) is 11.1. The highest BCUT2D eigenvalue weighted by Gasteiger charge is 2.00. The third kappa shape index (κ3) is 9.30. The predicted molar refractivity (Wildman–Crippen MR) is 58.9 cm³/mol. The first kappa shape index (κ1) is 13.2. The largest absolute Gasteiger partial charge is 0.435 e. The van der Waals surface area contributed by atoms with E-state index in [2.05, 4.69) is 6.92 Å². The molecule has 0 aromatic rings. The van der Waals surface area contributed by atoms with Gasteiger partial charge in [-0.15, -0.1) is 0 Å². The van der Waals surface area contributed by atoms with Crippen LogP contribution < -0.4 is 0 Å². The smallest absolute Gasteiger partial charge is 0.310 e. The minimum absolute atomic E-state index is 0.109. The van der Waals surface area contributed by atoms with E-state index in [0.717, 1.165) is 18.4 Å². The van der Waals surface area contributed by atoms with Crippen LogP contribution in [0.2, 0.25) is 0 Å². The first-order valence-corrected chi connectivity index (χ1v) is 5.49. The molecule has 0 bridgehead atoms. The Hall–Kier alpha value is -0.790. The van der Waals surface area contributed by atoms with Gasteiger partial charge in [-0.2, -0.15) is 0 Å². The fourth-order valence-electron chi connectivity index (χ4n) is 1.12. The lowest BCUT2D eigenvalue weighted by atomic mass is 10.1. The molecule has 0 aromatic carbocycles. The maximum Gasteiger partial charge on any atom is 0.310 e. The zero-order valence-electron chi connectivity index (χ0n) is 9.64. The van der Waals surface area contributed by atoms with E-state index >= 15 is 0 Å². The average molecular weight is 198 g/mol. The summed E-state index contributed by atoms with van der Waals surface area (Å²) >= 11 is 0. The number of hydrogen-bond acceptors (Lipinski definition) is 2. The Morgan fingerprint density at radius 2 is 1.79 bits per heavy atom. The molecule has 0 amide bonds. The number of carbonyl (C=O) groups excluding carboxylic acids is 1. The quantitative estimate of drug-likeness (QED) is 0.353. The third-order valence-corrected chi connectivity index (χ3v) is 1.91. The highest BCUT2D eigenvalue weighted by Crippen LogP contribution is 2.06. The van der Waals surface area contributed by atoms with Gasteiger partial charge in [-0.1, -0.05) is 32.6 Å². The van der Waals surface area contributed by atoms with Crippen LogP contribution in [0.1, 0.15) is 59.3 Å². The number of hydrogen-bond donors (Lipinski definition) is 0. The summed E-state index contributed by atoms with van der Waals surface area (Å²) in [7, 11) is 0. The molecule has 2 heteroatoms. The monoisotopic (exact) mass is 198 g/mol. The zero-order valence-corrected chi connectivity index (χ0v) is 9.64. The zero-order chi connectivity index (χ0) is 10.8. The number of allylic oxidation sites excluding steroid dienone is 1. The van der Waals surface area contributed by atoms with Gasteiger partial charge in [0.1, 0.15) is 0 Å². The van der Waals surface area contributed by atoms with Crippen LogP contribution in [-0.2, 0) is 9.53 Å². The van der Waals surface area contributed by atoms with E-state index in [1.165, 1.54) is 25.5 Å². The summed E-state index contributed by atoms with van der Waals surface area (Å²) in [6.07, 6.45) is 7.90. The molecule has 0 heterocycles. The maximum absolute atomic E-state index is 11.1. The lowest BCUT2D eigenvalue weighted by Crippen LogP contribution is -1.99. The van der Waals surface area contributed by atoms with E-state index in [4.69, 9.17) is 4.74 Å². The van der Waals surface area contributed by atoms with Gasteiger partial charge in [-0.25, -0.2) is 0 Å². The minimum Gasteiger partial charge on any atom is -0.435 e. The molecule has 0 aromatic heterocycles. The van der Waals surface area contributed by atoms with Gasteiger partial charge in [0.05, 0.1) is 6.26 Å².